The molecule has 138 valence electrons. The molecule has 0 radical (unpaired) electrons. The summed E-state index contributed by atoms with van der Waals surface area (Å²) in [5, 5.41) is 5.35. The molecule has 0 saturated carbocycles. The normalized spacial score (nSPS) is 10.2. The van der Waals surface area contributed by atoms with Gasteiger partial charge in [0.05, 0.1) is 24.9 Å². The molecule has 2 aromatic rings. The van der Waals surface area contributed by atoms with Crippen molar-refractivity contribution in [1.82, 2.24) is 5.32 Å². The number of carbonyl (C=O) groups is 2. The Labute approximate surface area is 153 Å². The lowest BCUT2D eigenvalue weighted by molar-refractivity contribution is 0.0602. The zero-order valence-corrected chi connectivity index (χ0v) is 15.5. The van der Waals surface area contributed by atoms with E-state index in [1.165, 1.54) is 12.7 Å². The fourth-order valence-corrected chi connectivity index (χ4v) is 2.46. The first kappa shape index (κ1) is 19.3. The van der Waals surface area contributed by atoms with E-state index in [-0.39, 0.29) is 0 Å². The zero-order chi connectivity index (χ0) is 19.1. The van der Waals surface area contributed by atoms with Gasteiger partial charge in [0.25, 0.3) is 0 Å². The summed E-state index contributed by atoms with van der Waals surface area (Å²) in [5.74, 6) is 0.306. The topological polar surface area (TPSA) is 76.7 Å². The number of carbonyl (C=O) groups excluding carboxylic acids is 2. The standard InChI is InChI=1S/C20H24N2O4/c1-13-11-15(3)18(12-14(13)2)26-10-9-21-20(24)22-17-8-6-5-7-16(17)19(23)25-4/h5-8,11-12H,9-10H2,1-4H3,(H2,21,22,24). The van der Waals surface area contributed by atoms with Crippen LogP contribution >= 0.6 is 0 Å². The maximum atomic E-state index is 12.0. The van der Waals surface area contributed by atoms with E-state index in [0.29, 0.717) is 24.4 Å². The highest BCUT2D eigenvalue weighted by Gasteiger charge is 2.12. The Morgan fingerprint density at radius 2 is 1.69 bits per heavy atom. The molecule has 0 atom stereocenters. The number of esters is 1. The second-order valence-corrected chi connectivity index (χ2v) is 5.97. The SMILES string of the molecule is COC(=O)c1ccccc1NC(=O)NCCOc1cc(C)c(C)cc1C. The fraction of sp³-hybridized carbons (Fsp3) is 0.300. The van der Waals surface area contributed by atoms with Crippen LogP contribution in [-0.2, 0) is 4.74 Å². The molecule has 0 unspecified atom stereocenters. The van der Waals surface area contributed by atoms with Crippen LogP contribution in [0, 0.1) is 20.8 Å². The highest BCUT2D eigenvalue weighted by molar-refractivity contribution is 6.00. The van der Waals surface area contributed by atoms with Gasteiger partial charge < -0.3 is 20.1 Å². The van der Waals surface area contributed by atoms with Gasteiger partial charge in [0, 0.05) is 0 Å². The lowest BCUT2D eigenvalue weighted by atomic mass is 10.1. The zero-order valence-electron chi connectivity index (χ0n) is 15.5. The van der Waals surface area contributed by atoms with Crippen molar-refractivity contribution in [2.45, 2.75) is 20.8 Å². The third kappa shape index (κ3) is 4.99. The second-order valence-electron chi connectivity index (χ2n) is 5.97. The molecule has 0 saturated heterocycles. The largest absolute Gasteiger partial charge is 0.491 e. The average molecular weight is 356 g/mol. The Kier molecular flexibility index (Phi) is 6.60. The first-order chi connectivity index (χ1) is 12.4. The summed E-state index contributed by atoms with van der Waals surface area (Å²) in [6.45, 7) is 6.76. The summed E-state index contributed by atoms with van der Waals surface area (Å²) in [4.78, 5) is 23.7. The first-order valence-electron chi connectivity index (χ1n) is 8.35. The van der Waals surface area contributed by atoms with Gasteiger partial charge in [0.1, 0.15) is 12.4 Å². The average Bonchev–Trinajstić information content (AvgIpc) is 2.62. The predicted octanol–water partition coefficient (Wildman–Crippen LogP) is 3.60. The van der Waals surface area contributed by atoms with Gasteiger partial charge in [-0.2, -0.15) is 0 Å². The molecule has 0 spiro atoms. The van der Waals surface area contributed by atoms with Gasteiger partial charge in [-0.25, -0.2) is 9.59 Å². The van der Waals surface area contributed by atoms with Crippen molar-refractivity contribution in [3.8, 4) is 5.75 Å². The molecule has 6 nitrogen and oxygen atoms in total. The van der Waals surface area contributed by atoms with Crippen molar-refractivity contribution in [3.63, 3.8) is 0 Å². The van der Waals surface area contributed by atoms with Crippen molar-refractivity contribution in [3.05, 3.63) is 58.7 Å². The van der Waals surface area contributed by atoms with Gasteiger partial charge in [-0.05, 0) is 55.7 Å². The van der Waals surface area contributed by atoms with Crippen LogP contribution < -0.4 is 15.4 Å². The van der Waals surface area contributed by atoms with Crippen molar-refractivity contribution in [2.75, 3.05) is 25.6 Å². The molecule has 0 aliphatic carbocycles. The van der Waals surface area contributed by atoms with Crippen LogP contribution in [0.1, 0.15) is 27.0 Å². The van der Waals surface area contributed by atoms with Gasteiger partial charge >= 0.3 is 12.0 Å². The monoisotopic (exact) mass is 356 g/mol. The third-order valence-electron chi connectivity index (χ3n) is 4.02. The molecule has 0 bridgehead atoms. The molecule has 26 heavy (non-hydrogen) atoms. The third-order valence-corrected chi connectivity index (χ3v) is 4.02. The fourth-order valence-electron chi connectivity index (χ4n) is 2.46. The number of nitrogens with one attached hydrogen (secondary N) is 2. The number of methoxy groups -OCH3 is 1. The van der Waals surface area contributed by atoms with Crippen LogP contribution in [0.4, 0.5) is 10.5 Å². The Morgan fingerprint density at radius 1 is 1.00 bits per heavy atom. The minimum Gasteiger partial charge on any atom is -0.491 e. The Bertz CT molecular complexity index is 802. The number of para-hydroxylation sites is 1. The highest BCUT2D eigenvalue weighted by Crippen LogP contribution is 2.22. The molecule has 6 heteroatoms. The Hall–Kier alpha value is -3.02. The maximum Gasteiger partial charge on any atom is 0.339 e. The van der Waals surface area contributed by atoms with E-state index in [9.17, 15) is 9.59 Å². The van der Waals surface area contributed by atoms with Gasteiger partial charge in [0.15, 0.2) is 0 Å². The number of amides is 2. The van der Waals surface area contributed by atoms with E-state index in [2.05, 4.69) is 23.6 Å². The lowest BCUT2D eigenvalue weighted by Crippen LogP contribution is -2.32. The summed E-state index contributed by atoms with van der Waals surface area (Å²) in [5.41, 5.74) is 4.13. The van der Waals surface area contributed by atoms with E-state index in [1.54, 1.807) is 24.3 Å². The summed E-state index contributed by atoms with van der Waals surface area (Å²) in [6, 6.07) is 10.3. The molecule has 0 aliphatic rings. The van der Waals surface area contributed by atoms with Crippen LogP contribution in [0.2, 0.25) is 0 Å². The molecule has 2 rings (SSSR count). The highest BCUT2D eigenvalue weighted by atomic mass is 16.5. The lowest BCUT2D eigenvalue weighted by Gasteiger charge is -2.13. The molecule has 0 heterocycles. The van der Waals surface area contributed by atoms with Gasteiger partial charge in [-0.15, -0.1) is 0 Å². The van der Waals surface area contributed by atoms with Crippen molar-refractivity contribution >= 4 is 17.7 Å². The van der Waals surface area contributed by atoms with Crippen LogP contribution in [-0.4, -0.2) is 32.3 Å². The molecule has 2 N–H and O–H groups in total. The molecular formula is C20H24N2O4. The van der Waals surface area contributed by atoms with Crippen LogP contribution in [0.15, 0.2) is 36.4 Å². The number of urea groups is 1. The second kappa shape index (κ2) is 8.89. The van der Waals surface area contributed by atoms with Crippen LogP contribution in [0.25, 0.3) is 0 Å². The summed E-state index contributed by atoms with van der Waals surface area (Å²) in [6.07, 6.45) is 0. The number of rotatable bonds is 6. The number of anilines is 1. The van der Waals surface area contributed by atoms with Gasteiger partial charge in [0.2, 0.25) is 0 Å². The summed E-state index contributed by atoms with van der Waals surface area (Å²) < 4.78 is 10.4. The van der Waals surface area contributed by atoms with Gasteiger partial charge in [-0.1, -0.05) is 18.2 Å². The van der Waals surface area contributed by atoms with Crippen LogP contribution in [0.3, 0.4) is 0 Å². The van der Waals surface area contributed by atoms with Gasteiger partial charge in [-0.3, -0.25) is 0 Å². The molecule has 2 aromatic carbocycles. The number of hydrogen-bond donors (Lipinski definition) is 2. The quantitative estimate of drug-likeness (QED) is 0.612. The van der Waals surface area contributed by atoms with E-state index in [1.807, 2.05) is 19.9 Å². The van der Waals surface area contributed by atoms with Crippen LogP contribution in [0.5, 0.6) is 5.75 Å². The number of benzene rings is 2. The Balaban J connectivity index is 1.85. The van der Waals surface area contributed by atoms with Crippen molar-refractivity contribution in [1.29, 1.82) is 0 Å². The van der Waals surface area contributed by atoms with E-state index in [0.717, 1.165) is 16.9 Å². The predicted molar refractivity (Wildman–Crippen MR) is 101 cm³/mol. The molecule has 0 aliphatic heterocycles. The van der Waals surface area contributed by atoms with E-state index >= 15 is 0 Å². The minimum atomic E-state index is -0.505. The van der Waals surface area contributed by atoms with E-state index < -0.39 is 12.0 Å². The smallest absolute Gasteiger partial charge is 0.339 e. The number of hydrogen-bond acceptors (Lipinski definition) is 4. The van der Waals surface area contributed by atoms with Crippen molar-refractivity contribution in [2.24, 2.45) is 0 Å². The Morgan fingerprint density at radius 3 is 2.42 bits per heavy atom. The summed E-state index contributed by atoms with van der Waals surface area (Å²) >= 11 is 0. The maximum absolute atomic E-state index is 12.0. The molecule has 2 amide bonds. The minimum absolute atomic E-state index is 0.298. The molecule has 0 aromatic heterocycles. The van der Waals surface area contributed by atoms with Crippen molar-refractivity contribution < 1.29 is 19.1 Å². The number of aryl methyl sites for hydroxylation is 3. The number of ether oxygens (including phenoxy) is 2. The first-order valence-corrected chi connectivity index (χ1v) is 8.35. The molecule has 0 fully saturated rings. The molecular weight excluding hydrogens is 332 g/mol. The summed E-state index contributed by atoms with van der Waals surface area (Å²) in [7, 11) is 1.30. The van der Waals surface area contributed by atoms with E-state index in [4.69, 9.17) is 9.47 Å².